The van der Waals surface area contributed by atoms with Gasteiger partial charge in [0.05, 0.1) is 17.4 Å². The molecule has 0 saturated heterocycles. The lowest BCUT2D eigenvalue weighted by Gasteiger charge is -2.12. The van der Waals surface area contributed by atoms with Crippen LogP contribution < -0.4 is 0 Å². The number of nitrogens with zero attached hydrogens (tertiary/aromatic N) is 5. The zero-order chi connectivity index (χ0) is 16.0. The summed E-state index contributed by atoms with van der Waals surface area (Å²) >= 11 is 0. The molecular weight excluding hydrogens is 294 g/mol. The van der Waals surface area contributed by atoms with E-state index in [1.807, 2.05) is 23.9 Å². The third-order valence-corrected chi connectivity index (χ3v) is 4.27. The van der Waals surface area contributed by atoms with Gasteiger partial charge in [0.2, 0.25) is 0 Å². The minimum atomic E-state index is -0.981. The fourth-order valence-electron chi connectivity index (χ4n) is 2.85. The Bertz CT molecular complexity index is 878. The van der Waals surface area contributed by atoms with E-state index in [1.54, 1.807) is 30.6 Å². The first kappa shape index (κ1) is 13.7. The Morgan fingerprint density at radius 2 is 2.17 bits per heavy atom. The summed E-state index contributed by atoms with van der Waals surface area (Å²) in [6.07, 6.45) is 7.37. The van der Waals surface area contributed by atoms with Crippen LogP contribution in [0.25, 0.3) is 5.69 Å². The minimum absolute atomic E-state index is 0.205. The number of carboxylic acids is 1. The lowest BCUT2D eigenvalue weighted by Crippen LogP contribution is -2.19. The van der Waals surface area contributed by atoms with Gasteiger partial charge in [-0.3, -0.25) is 4.68 Å². The summed E-state index contributed by atoms with van der Waals surface area (Å²) < 4.78 is 3.44. The Morgan fingerprint density at radius 3 is 2.83 bits per heavy atom. The van der Waals surface area contributed by atoms with E-state index in [0.717, 1.165) is 24.1 Å². The quantitative estimate of drug-likeness (QED) is 0.796. The zero-order valence-corrected chi connectivity index (χ0v) is 12.5. The van der Waals surface area contributed by atoms with Gasteiger partial charge < -0.3 is 5.11 Å². The molecule has 7 nitrogen and oxygen atoms in total. The standard InChI is InChI=1S/C16H15N5O2/c1-11-3-4-12(15(22)23)13(9-11)20-10-14(18-19-20)16(5-6-16)21-8-2-7-17-21/h2-4,7-10H,5-6H2,1H3,(H,22,23). The molecule has 0 bridgehead atoms. The van der Waals surface area contributed by atoms with Gasteiger partial charge in [-0.25, -0.2) is 9.48 Å². The second-order valence-electron chi connectivity index (χ2n) is 5.86. The van der Waals surface area contributed by atoms with Crippen LogP contribution in [0.1, 0.15) is 34.5 Å². The summed E-state index contributed by atoms with van der Waals surface area (Å²) in [7, 11) is 0. The molecule has 3 aromatic rings. The van der Waals surface area contributed by atoms with E-state index in [4.69, 9.17) is 0 Å². The number of carbonyl (C=O) groups is 1. The van der Waals surface area contributed by atoms with Gasteiger partial charge >= 0.3 is 5.97 Å². The van der Waals surface area contributed by atoms with Crippen molar-refractivity contribution in [3.05, 3.63) is 59.7 Å². The third-order valence-electron chi connectivity index (χ3n) is 4.27. The molecule has 1 aromatic carbocycles. The monoisotopic (exact) mass is 309 g/mol. The van der Waals surface area contributed by atoms with Crippen molar-refractivity contribution in [1.29, 1.82) is 0 Å². The summed E-state index contributed by atoms with van der Waals surface area (Å²) in [6.45, 7) is 1.92. The number of rotatable bonds is 4. The van der Waals surface area contributed by atoms with Crippen molar-refractivity contribution in [3.63, 3.8) is 0 Å². The van der Waals surface area contributed by atoms with Crippen LogP contribution in [0.5, 0.6) is 0 Å². The molecule has 1 fully saturated rings. The van der Waals surface area contributed by atoms with Crippen LogP contribution in [-0.4, -0.2) is 35.9 Å². The molecule has 0 atom stereocenters. The number of aromatic nitrogens is 5. The highest BCUT2D eigenvalue weighted by molar-refractivity contribution is 5.92. The Morgan fingerprint density at radius 1 is 1.35 bits per heavy atom. The minimum Gasteiger partial charge on any atom is -0.478 e. The summed E-state index contributed by atoms with van der Waals surface area (Å²) in [5.41, 5.74) is 2.26. The fourth-order valence-corrected chi connectivity index (χ4v) is 2.85. The highest BCUT2D eigenvalue weighted by atomic mass is 16.4. The van der Waals surface area contributed by atoms with Crippen molar-refractivity contribution in [2.24, 2.45) is 0 Å². The number of benzene rings is 1. The predicted molar refractivity (Wildman–Crippen MR) is 81.6 cm³/mol. The molecule has 2 aromatic heterocycles. The number of aromatic carboxylic acids is 1. The van der Waals surface area contributed by atoms with Crippen LogP contribution in [0.15, 0.2) is 42.9 Å². The molecule has 1 N–H and O–H groups in total. The maximum atomic E-state index is 11.4. The molecule has 0 spiro atoms. The van der Waals surface area contributed by atoms with Gasteiger partial charge in [-0.05, 0) is 43.5 Å². The lowest BCUT2D eigenvalue weighted by atomic mass is 10.1. The first-order valence-electron chi connectivity index (χ1n) is 7.37. The number of aryl methyl sites for hydroxylation is 1. The first-order valence-corrected chi connectivity index (χ1v) is 7.37. The van der Waals surface area contributed by atoms with Crippen molar-refractivity contribution in [2.75, 3.05) is 0 Å². The van der Waals surface area contributed by atoms with Crippen LogP contribution in [-0.2, 0) is 5.54 Å². The van der Waals surface area contributed by atoms with E-state index < -0.39 is 5.97 Å². The molecule has 0 aliphatic heterocycles. The maximum absolute atomic E-state index is 11.4. The molecule has 0 unspecified atom stereocenters. The van der Waals surface area contributed by atoms with Gasteiger partial charge in [-0.1, -0.05) is 11.3 Å². The van der Waals surface area contributed by atoms with Gasteiger partial charge in [0, 0.05) is 12.4 Å². The first-order chi connectivity index (χ1) is 11.1. The van der Waals surface area contributed by atoms with Crippen molar-refractivity contribution >= 4 is 5.97 Å². The molecule has 116 valence electrons. The molecule has 0 amide bonds. The fraction of sp³-hybridized carbons (Fsp3) is 0.250. The average molecular weight is 309 g/mol. The van der Waals surface area contributed by atoms with Crippen molar-refractivity contribution in [3.8, 4) is 5.69 Å². The van der Waals surface area contributed by atoms with Gasteiger partial charge in [-0.2, -0.15) is 5.10 Å². The van der Waals surface area contributed by atoms with Gasteiger partial charge in [-0.15, -0.1) is 5.10 Å². The van der Waals surface area contributed by atoms with Crippen molar-refractivity contribution < 1.29 is 9.90 Å². The normalized spacial score (nSPS) is 15.5. The molecular formula is C16H15N5O2. The number of carboxylic acid groups (broad SMARTS) is 1. The van der Waals surface area contributed by atoms with Gasteiger partial charge in [0.15, 0.2) is 0 Å². The molecule has 23 heavy (non-hydrogen) atoms. The molecule has 1 aliphatic carbocycles. The van der Waals surface area contributed by atoms with E-state index in [2.05, 4.69) is 15.4 Å². The van der Waals surface area contributed by atoms with Crippen LogP contribution in [0.4, 0.5) is 0 Å². The van der Waals surface area contributed by atoms with E-state index in [0.29, 0.717) is 5.69 Å². The summed E-state index contributed by atoms with van der Waals surface area (Å²) in [5, 5.41) is 22.1. The van der Waals surface area contributed by atoms with Crippen molar-refractivity contribution in [2.45, 2.75) is 25.3 Å². The molecule has 0 radical (unpaired) electrons. The molecule has 4 rings (SSSR count). The topological polar surface area (TPSA) is 85.8 Å². The highest BCUT2D eigenvalue weighted by Gasteiger charge is 2.49. The van der Waals surface area contributed by atoms with Crippen LogP contribution in [0.3, 0.4) is 0 Å². The SMILES string of the molecule is Cc1ccc(C(=O)O)c(-n2cc(C3(n4cccn4)CC3)nn2)c1. The lowest BCUT2D eigenvalue weighted by molar-refractivity contribution is 0.0696. The van der Waals surface area contributed by atoms with Crippen LogP contribution >= 0.6 is 0 Å². The summed E-state index contributed by atoms with van der Waals surface area (Å²) in [5.74, 6) is -0.981. The third kappa shape index (κ3) is 2.12. The Balaban J connectivity index is 1.78. The van der Waals surface area contributed by atoms with Gasteiger partial charge in [0.25, 0.3) is 0 Å². The Labute approximate surface area is 132 Å². The van der Waals surface area contributed by atoms with E-state index >= 15 is 0 Å². The van der Waals surface area contributed by atoms with E-state index in [1.165, 1.54) is 4.68 Å². The van der Waals surface area contributed by atoms with E-state index in [9.17, 15) is 9.90 Å². The predicted octanol–water partition coefficient (Wildman–Crippen LogP) is 2.01. The highest BCUT2D eigenvalue weighted by Crippen LogP contribution is 2.47. The number of hydrogen-bond donors (Lipinski definition) is 1. The second kappa shape index (κ2) is 4.77. The van der Waals surface area contributed by atoms with E-state index in [-0.39, 0.29) is 11.1 Å². The second-order valence-corrected chi connectivity index (χ2v) is 5.86. The Hall–Kier alpha value is -2.96. The summed E-state index contributed by atoms with van der Waals surface area (Å²) in [4.78, 5) is 11.4. The van der Waals surface area contributed by atoms with Gasteiger partial charge in [0.1, 0.15) is 11.2 Å². The molecule has 1 saturated carbocycles. The average Bonchev–Trinajstić information content (AvgIpc) is 2.98. The van der Waals surface area contributed by atoms with Crippen LogP contribution in [0, 0.1) is 6.92 Å². The maximum Gasteiger partial charge on any atom is 0.337 e. The number of hydrogen-bond acceptors (Lipinski definition) is 4. The smallest absolute Gasteiger partial charge is 0.337 e. The molecule has 2 heterocycles. The largest absolute Gasteiger partial charge is 0.478 e. The zero-order valence-electron chi connectivity index (χ0n) is 12.5. The molecule has 1 aliphatic rings. The summed E-state index contributed by atoms with van der Waals surface area (Å²) in [6, 6.07) is 7.05. The molecule has 7 heteroatoms. The Kier molecular flexibility index (Phi) is 2.84. The van der Waals surface area contributed by atoms with Crippen LogP contribution in [0.2, 0.25) is 0 Å². The van der Waals surface area contributed by atoms with Crippen molar-refractivity contribution in [1.82, 2.24) is 24.8 Å².